The standard InChI is InChI=1S/C24H19Br5N2O4/c1-35-23-18(28)7-11(8-19(23)29)6-15(21(32)20(30)12-2-4-13(25)5-3-12)24(34)31-14-9-16(26)22(33)17(27)10-14/h2-5,7-10,15,20,33H,6,30H2,1H3,(H,31,34). The highest BCUT2D eigenvalue weighted by Crippen LogP contribution is 2.37. The van der Waals surface area contributed by atoms with Crippen molar-refractivity contribution in [2.45, 2.75) is 12.5 Å². The van der Waals surface area contributed by atoms with Crippen LogP contribution >= 0.6 is 79.6 Å². The van der Waals surface area contributed by atoms with Gasteiger partial charge >= 0.3 is 0 Å². The molecular weight excluding hydrogens is 780 g/mol. The highest BCUT2D eigenvalue weighted by atomic mass is 79.9. The van der Waals surface area contributed by atoms with E-state index in [1.807, 2.05) is 0 Å². The van der Waals surface area contributed by atoms with Gasteiger partial charge in [-0.15, -0.1) is 0 Å². The molecule has 0 bridgehead atoms. The minimum atomic E-state index is -1.09. The number of benzene rings is 3. The lowest BCUT2D eigenvalue weighted by Crippen LogP contribution is -2.37. The predicted octanol–water partition coefficient (Wildman–Crippen LogP) is 7.28. The number of Topliss-reactive ketones (excluding diaryl/α,β-unsaturated/α-hetero) is 1. The first-order valence-corrected chi connectivity index (χ1v) is 14.0. The molecule has 0 spiro atoms. The molecule has 3 aromatic carbocycles. The van der Waals surface area contributed by atoms with Gasteiger partial charge < -0.3 is 20.9 Å². The van der Waals surface area contributed by atoms with E-state index in [1.165, 1.54) is 0 Å². The van der Waals surface area contributed by atoms with Crippen LogP contribution in [0.5, 0.6) is 11.5 Å². The smallest absolute Gasteiger partial charge is 0.235 e. The van der Waals surface area contributed by atoms with Crippen LogP contribution in [0, 0.1) is 5.92 Å². The number of methoxy groups -OCH3 is 1. The number of phenols is 1. The molecule has 0 saturated heterocycles. The minimum absolute atomic E-state index is 0.000759. The normalized spacial score (nSPS) is 12.7. The molecule has 184 valence electrons. The summed E-state index contributed by atoms with van der Waals surface area (Å²) in [6.07, 6.45) is 0.108. The fourth-order valence-corrected chi connectivity index (χ4v) is 6.46. The molecule has 35 heavy (non-hydrogen) atoms. The first kappa shape index (κ1) is 28.3. The van der Waals surface area contributed by atoms with E-state index in [0.29, 0.717) is 34.9 Å². The fraction of sp³-hybridized carbons (Fsp3) is 0.167. The molecule has 0 aliphatic heterocycles. The number of carbonyl (C=O) groups excluding carboxylic acids is 2. The average molecular weight is 799 g/mol. The average Bonchev–Trinajstić information content (AvgIpc) is 2.80. The summed E-state index contributed by atoms with van der Waals surface area (Å²) in [5, 5.41) is 12.7. The summed E-state index contributed by atoms with van der Waals surface area (Å²) in [5.74, 6) is -1.43. The zero-order chi connectivity index (χ0) is 25.9. The van der Waals surface area contributed by atoms with Crippen molar-refractivity contribution in [2.75, 3.05) is 12.4 Å². The van der Waals surface area contributed by atoms with Gasteiger partial charge in [-0.3, -0.25) is 9.59 Å². The van der Waals surface area contributed by atoms with Gasteiger partial charge in [-0.05, 0) is 118 Å². The Bertz CT molecular complexity index is 1220. The van der Waals surface area contributed by atoms with Crippen LogP contribution in [0.4, 0.5) is 5.69 Å². The van der Waals surface area contributed by atoms with Crippen molar-refractivity contribution >= 4 is 97.0 Å². The van der Waals surface area contributed by atoms with Crippen LogP contribution < -0.4 is 15.8 Å². The Morgan fingerprint density at radius 1 is 0.943 bits per heavy atom. The number of rotatable bonds is 8. The number of carbonyl (C=O) groups is 2. The lowest BCUT2D eigenvalue weighted by molar-refractivity contribution is -0.132. The number of anilines is 1. The summed E-state index contributed by atoms with van der Waals surface area (Å²) in [6, 6.07) is 12.8. The van der Waals surface area contributed by atoms with Gasteiger partial charge in [0.05, 0.1) is 31.0 Å². The number of nitrogens with one attached hydrogen (secondary N) is 1. The molecule has 6 nitrogen and oxygen atoms in total. The van der Waals surface area contributed by atoms with Gasteiger partial charge in [-0.1, -0.05) is 28.1 Å². The van der Waals surface area contributed by atoms with Crippen molar-refractivity contribution in [3.63, 3.8) is 0 Å². The third-order valence-corrected chi connectivity index (χ3v) is 8.10. The summed E-state index contributed by atoms with van der Waals surface area (Å²) in [6.45, 7) is 0. The predicted molar refractivity (Wildman–Crippen MR) is 154 cm³/mol. The molecule has 4 N–H and O–H groups in total. The first-order chi connectivity index (χ1) is 16.5. The van der Waals surface area contributed by atoms with Gasteiger partial charge in [0.1, 0.15) is 17.4 Å². The van der Waals surface area contributed by atoms with Crippen molar-refractivity contribution in [1.82, 2.24) is 0 Å². The quantitative estimate of drug-likeness (QED) is 0.164. The monoisotopic (exact) mass is 794 g/mol. The second kappa shape index (κ2) is 12.3. The molecular formula is C24H19Br5N2O4. The topological polar surface area (TPSA) is 102 Å². The van der Waals surface area contributed by atoms with Crippen LogP contribution in [0.25, 0.3) is 0 Å². The van der Waals surface area contributed by atoms with E-state index in [2.05, 4.69) is 85.0 Å². The lowest BCUT2D eigenvalue weighted by atomic mass is 9.88. The summed E-state index contributed by atoms with van der Waals surface area (Å²) in [5.41, 5.74) is 8.05. The number of hydrogen-bond acceptors (Lipinski definition) is 5. The molecule has 3 aromatic rings. The van der Waals surface area contributed by atoms with Crippen molar-refractivity contribution in [3.05, 3.63) is 82.0 Å². The Balaban J connectivity index is 1.96. The van der Waals surface area contributed by atoms with Gasteiger partial charge in [0.25, 0.3) is 0 Å². The largest absolute Gasteiger partial charge is 0.506 e. The molecule has 0 heterocycles. The first-order valence-electron chi connectivity index (χ1n) is 10.1. The molecule has 0 aliphatic carbocycles. The molecule has 3 rings (SSSR count). The summed E-state index contributed by atoms with van der Waals surface area (Å²) in [4.78, 5) is 27.0. The van der Waals surface area contributed by atoms with Gasteiger partial charge in [0, 0.05) is 10.2 Å². The maximum atomic E-state index is 13.5. The Morgan fingerprint density at radius 2 is 1.49 bits per heavy atom. The summed E-state index contributed by atoms with van der Waals surface area (Å²) >= 11 is 16.8. The number of ketones is 1. The van der Waals surface area contributed by atoms with Crippen LogP contribution in [0.3, 0.4) is 0 Å². The van der Waals surface area contributed by atoms with Crippen molar-refractivity contribution in [3.8, 4) is 11.5 Å². The van der Waals surface area contributed by atoms with Gasteiger partial charge in [-0.2, -0.15) is 0 Å². The van der Waals surface area contributed by atoms with Crippen LogP contribution in [0.15, 0.2) is 70.9 Å². The van der Waals surface area contributed by atoms with E-state index in [1.54, 1.807) is 55.6 Å². The van der Waals surface area contributed by atoms with E-state index in [9.17, 15) is 14.7 Å². The number of aromatic hydroxyl groups is 1. The number of hydrogen-bond donors (Lipinski definition) is 3. The maximum absolute atomic E-state index is 13.5. The Kier molecular flexibility index (Phi) is 9.98. The van der Waals surface area contributed by atoms with Crippen LogP contribution in [0.2, 0.25) is 0 Å². The van der Waals surface area contributed by atoms with Crippen LogP contribution in [-0.2, 0) is 16.0 Å². The van der Waals surface area contributed by atoms with Gasteiger partial charge in [-0.25, -0.2) is 0 Å². The van der Waals surface area contributed by atoms with Crippen LogP contribution in [0.1, 0.15) is 17.2 Å². The van der Waals surface area contributed by atoms with E-state index < -0.39 is 23.7 Å². The SMILES string of the molecule is COc1c(Br)cc(CC(C(=O)Nc2cc(Br)c(O)c(Br)c2)C(=O)C(N)c2ccc(Br)cc2)cc1Br. The number of ether oxygens (including phenoxy) is 1. The molecule has 1 amide bonds. The summed E-state index contributed by atoms with van der Waals surface area (Å²) in [7, 11) is 1.55. The van der Waals surface area contributed by atoms with E-state index in [4.69, 9.17) is 10.5 Å². The zero-order valence-electron chi connectivity index (χ0n) is 18.1. The molecule has 0 saturated carbocycles. The zero-order valence-corrected chi connectivity index (χ0v) is 26.0. The Labute approximate surface area is 244 Å². The van der Waals surface area contributed by atoms with E-state index in [-0.39, 0.29) is 12.2 Å². The molecule has 0 aliphatic rings. The summed E-state index contributed by atoms with van der Waals surface area (Å²) < 4.78 is 8.35. The fourth-order valence-electron chi connectivity index (χ4n) is 3.40. The number of phenolic OH excluding ortho intramolecular Hbond substituents is 1. The minimum Gasteiger partial charge on any atom is -0.506 e. The third kappa shape index (κ3) is 6.95. The van der Waals surface area contributed by atoms with Crippen molar-refractivity contribution in [1.29, 1.82) is 0 Å². The molecule has 11 heteroatoms. The van der Waals surface area contributed by atoms with Gasteiger partial charge in [0.15, 0.2) is 5.78 Å². The van der Waals surface area contributed by atoms with E-state index >= 15 is 0 Å². The number of halogens is 5. The maximum Gasteiger partial charge on any atom is 0.235 e. The highest BCUT2D eigenvalue weighted by Gasteiger charge is 2.32. The highest BCUT2D eigenvalue weighted by molar-refractivity contribution is 9.11. The molecule has 2 unspecified atom stereocenters. The molecule has 2 atom stereocenters. The van der Waals surface area contributed by atoms with E-state index in [0.717, 1.165) is 10.0 Å². The number of amides is 1. The third-order valence-electron chi connectivity index (χ3n) is 5.18. The van der Waals surface area contributed by atoms with Gasteiger partial charge in [0.2, 0.25) is 5.91 Å². The second-order valence-electron chi connectivity index (χ2n) is 7.56. The Morgan fingerprint density at radius 3 is 2.00 bits per heavy atom. The van der Waals surface area contributed by atoms with Crippen molar-refractivity contribution in [2.24, 2.45) is 11.7 Å². The molecule has 0 radical (unpaired) electrons. The second-order valence-corrected chi connectivity index (χ2v) is 11.9. The lowest BCUT2D eigenvalue weighted by Gasteiger charge is -2.21. The molecule has 0 fully saturated rings. The Hall–Kier alpha value is -1.24. The van der Waals surface area contributed by atoms with Crippen molar-refractivity contribution < 1.29 is 19.4 Å². The number of nitrogens with two attached hydrogens (primary N) is 1. The molecule has 0 aromatic heterocycles. The van der Waals surface area contributed by atoms with Crippen LogP contribution in [-0.4, -0.2) is 23.9 Å².